The Morgan fingerprint density at radius 2 is 2.09 bits per heavy atom. The van der Waals surface area contributed by atoms with Crippen LogP contribution in [0.25, 0.3) is 0 Å². The Labute approximate surface area is 135 Å². The molecule has 124 valence electrons. The second-order valence-corrected chi connectivity index (χ2v) is 6.27. The SMILES string of the molecule is Cc1nc([C@H]2CCCN2C(=O)[C@H](C)Cc2c(C)noc2C)no1. The lowest BCUT2D eigenvalue weighted by Gasteiger charge is -2.25. The summed E-state index contributed by atoms with van der Waals surface area (Å²) in [6, 6.07) is -0.0768. The molecular formula is C16H22N4O3. The van der Waals surface area contributed by atoms with Gasteiger partial charge in [0.15, 0.2) is 5.82 Å². The Kier molecular flexibility index (Phi) is 4.19. The maximum atomic E-state index is 12.9. The lowest BCUT2D eigenvalue weighted by atomic mass is 9.98. The highest BCUT2D eigenvalue weighted by atomic mass is 16.5. The van der Waals surface area contributed by atoms with Crippen LogP contribution in [0.4, 0.5) is 0 Å². The molecule has 2 aromatic heterocycles. The van der Waals surface area contributed by atoms with E-state index in [1.807, 2.05) is 25.7 Å². The van der Waals surface area contributed by atoms with Crippen LogP contribution >= 0.6 is 0 Å². The summed E-state index contributed by atoms with van der Waals surface area (Å²) >= 11 is 0. The quantitative estimate of drug-likeness (QED) is 0.861. The first-order valence-corrected chi connectivity index (χ1v) is 7.99. The van der Waals surface area contributed by atoms with Gasteiger partial charge in [-0.1, -0.05) is 17.2 Å². The zero-order valence-electron chi connectivity index (χ0n) is 14.0. The third-order valence-corrected chi connectivity index (χ3v) is 4.49. The summed E-state index contributed by atoms with van der Waals surface area (Å²) in [6.45, 7) is 8.24. The monoisotopic (exact) mass is 318 g/mol. The lowest BCUT2D eigenvalue weighted by molar-refractivity contribution is -0.136. The van der Waals surface area contributed by atoms with Crippen LogP contribution in [-0.2, 0) is 11.2 Å². The molecule has 1 amide bonds. The zero-order chi connectivity index (χ0) is 16.6. The molecule has 2 atom stereocenters. The van der Waals surface area contributed by atoms with Gasteiger partial charge in [0.05, 0.1) is 11.7 Å². The number of hydrogen-bond donors (Lipinski definition) is 0. The predicted octanol–water partition coefficient (Wildman–Crippen LogP) is 2.53. The van der Waals surface area contributed by atoms with Crippen LogP contribution in [0.3, 0.4) is 0 Å². The van der Waals surface area contributed by atoms with Gasteiger partial charge in [0.2, 0.25) is 11.8 Å². The van der Waals surface area contributed by atoms with Crippen LogP contribution in [0.5, 0.6) is 0 Å². The van der Waals surface area contributed by atoms with Crippen molar-refractivity contribution < 1.29 is 13.8 Å². The molecule has 3 heterocycles. The molecule has 1 saturated heterocycles. The molecular weight excluding hydrogens is 296 g/mol. The van der Waals surface area contributed by atoms with Crippen molar-refractivity contribution in [2.75, 3.05) is 6.54 Å². The number of rotatable bonds is 4. The number of nitrogens with zero attached hydrogens (tertiary/aromatic N) is 4. The minimum Gasteiger partial charge on any atom is -0.361 e. The van der Waals surface area contributed by atoms with Gasteiger partial charge in [0.25, 0.3) is 0 Å². The fourth-order valence-corrected chi connectivity index (χ4v) is 3.22. The van der Waals surface area contributed by atoms with Gasteiger partial charge in [-0.05, 0) is 33.1 Å². The minimum atomic E-state index is -0.139. The largest absolute Gasteiger partial charge is 0.361 e. The van der Waals surface area contributed by atoms with Gasteiger partial charge >= 0.3 is 0 Å². The van der Waals surface area contributed by atoms with Crippen molar-refractivity contribution in [3.05, 3.63) is 28.7 Å². The highest BCUT2D eigenvalue weighted by Crippen LogP contribution is 2.32. The number of carbonyl (C=O) groups excluding carboxylic acids is 1. The Morgan fingerprint density at radius 1 is 1.30 bits per heavy atom. The maximum Gasteiger partial charge on any atom is 0.226 e. The number of aryl methyl sites for hydroxylation is 3. The normalized spacial score (nSPS) is 19.3. The van der Waals surface area contributed by atoms with Crippen LogP contribution < -0.4 is 0 Å². The van der Waals surface area contributed by atoms with E-state index in [1.165, 1.54) is 0 Å². The van der Waals surface area contributed by atoms with Gasteiger partial charge in [0.1, 0.15) is 5.76 Å². The van der Waals surface area contributed by atoms with Gasteiger partial charge in [-0.3, -0.25) is 4.79 Å². The third-order valence-electron chi connectivity index (χ3n) is 4.49. The number of likely N-dealkylation sites (tertiary alicyclic amines) is 1. The van der Waals surface area contributed by atoms with Crippen molar-refractivity contribution in [2.24, 2.45) is 5.92 Å². The number of aromatic nitrogens is 3. The Hall–Kier alpha value is -2.18. The molecule has 7 heteroatoms. The molecule has 1 aliphatic heterocycles. The van der Waals surface area contributed by atoms with E-state index in [9.17, 15) is 4.79 Å². The van der Waals surface area contributed by atoms with E-state index < -0.39 is 0 Å². The van der Waals surface area contributed by atoms with Crippen molar-refractivity contribution >= 4 is 5.91 Å². The minimum absolute atomic E-state index is 0.0768. The summed E-state index contributed by atoms with van der Waals surface area (Å²) in [4.78, 5) is 19.0. The predicted molar refractivity (Wildman–Crippen MR) is 81.6 cm³/mol. The molecule has 1 aliphatic rings. The Bertz CT molecular complexity index is 686. The molecule has 0 N–H and O–H groups in total. The lowest BCUT2D eigenvalue weighted by Crippen LogP contribution is -2.36. The average molecular weight is 318 g/mol. The standard InChI is InChI=1S/C16H22N4O3/c1-9(8-13-10(2)18-22-11(13)3)16(21)20-7-5-6-14(20)15-17-12(4)23-19-15/h9,14H,5-8H2,1-4H3/t9-,14-/m1/s1. The highest BCUT2D eigenvalue weighted by molar-refractivity contribution is 5.79. The number of carbonyl (C=O) groups is 1. The van der Waals surface area contributed by atoms with E-state index in [1.54, 1.807) is 6.92 Å². The molecule has 0 spiro atoms. The van der Waals surface area contributed by atoms with E-state index in [0.29, 0.717) is 18.1 Å². The molecule has 0 saturated carbocycles. The van der Waals surface area contributed by atoms with Crippen LogP contribution in [0, 0.1) is 26.7 Å². The van der Waals surface area contributed by atoms with E-state index in [2.05, 4.69) is 15.3 Å². The molecule has 23 heavy (non-hydrogen) atoms. The van der Waals surface area contributed by atoms with Crippen molar-refractivity contribution in [3.63, 3.8) is 0 Å². The summed E-state index contributed by atoms with van der Waals surface area (Å²) < 4.78 is 10.2. The summed E-state index contributed by atoms with van der Waals surface area (Å²) in [5.74, 6) is 1.91. The van der Waals surface area contributed by atoms with Gasteiger partial charge in [0, 0.05) is 24.9 Å². The van der Waals surface area contributed by atoms with Crippen LogP contribution in [0.1, 0.15) is 54.5 Å². The Morgan fingerprint density at radius 3 is 2.70 bits per heavy atom. The van der Waals surface area contributed by atoms with Crippen LogP contribution in [0.2, 0.25) is 0 Å². The van der Waals surface area contributed by atoms with Crippen molar-refractivity contribution in [1.82, 2.24) is 20.2 Å². The van der Waals surface area contributed by atoms with Crippen LogP contribution in [-0.4, -0.2) is 32.6 Å². The topological polar surface area (TPSA) is 85.3 Å². The summed E-state index contributed by atoms with van der Waals surface area (Å²) in [7, 11) is 0. The van der Waals surface area contributed by atoms with Crippen molar-refractivity contribution in [3.8, 4) is 0 Å². The van der Waals surface area contributed by atoms with Gasteiger partial charge in [-0.25, -0.2) is 0 Å². The van der Waals surface area contributed by atoms with E-state index in [4.69, 9.17) is 9.05 Å². The Balaban J connectivity index is 1.73. The van der Waals surface area contributed by atoms with Crippen LogP contribution in [0.15, 0.2) is 9.05 Å². The molecule has 0 aromatic carbocycles. The molecule has 0 aliphatic carbocycles. The van der Waals surface area contributed by atoms with E-state index in [-0.39, 0.29) is 17.9 Å². The molecule has 2 aromatic rings. The molecule has 0 bridgehead atoms. The fourth-order valence-electron chi connectivity index (χ4n) is 3.22. The second-order valence-electron chi connectivity index (χ2n) is 6.27. The fraction of sp³-hybridized carbons (Fsp3) is 0.625. The van der Waals surface area contributed by atoms with Crippen molar-refractivity contribution in [1.29, 1.82) is 0 Å². The molecule has 0 radical (unpaired) electrons. The highest BCUT2D eigenvalue weighted by Gasteiger charge is 2.35. The number of hydrogen-bond acceptors (Lipinski definition) is 6. The second kappa shape index (κ2) is 6.14. The summed E-state index contributed by atoms with van der Waals surface area (Å²) in [5.41, 5.74) is 1.88. The van der Waals surface area contributed by atoms with E-state index in [0.717, 1.165) is 36.4 Å². The summed E-state index contributed by atoms with van der Waals surface area (Å²) in [6.07, 6.45) is 2.47. The number of amides is 1. The smallest absolute Gasteiger partial charge is 0.226 e. The molecule has 1 fully saturated rings. The first-order chi connectivity index (χ1) is 11.0. The van der Waals surface area contributed by atoms with Gasteiger partial charge in [-0.2, -0.15) is 4.98 Å². The molecule has 3 rings (SSSR count). The van der Waals surface area contributed by atoms with E-state index >= 15 is 0 Å². The maximum absolute atomic E-state index is 12.9. The first-order valence-electron chi connectivity index (χ1n) is 7.99. The zero-order valence-corrected chi connectivity index (χ0v) is 14.0. The first kappa shape index (κ1) is 15.7. The summed E-state index contributed by atoms with van der Waals surface area (Å²) in [5, 5.41) is 7.95. The van der Waals surface area contributed by atoms with Gasteiger partial charge < -0.3 is 13.9 Å². The molecule has 7 nitrogen and oxygen atoms in total. The molecule has 0 unspecified atom stereocenters. The third kappa shape index (κ3) is 3.00. The van der Waals surface area contributed by atoms with Crippen molar-refractivity contribution in [2.45, 2.75) is 53.0 Å². The average Bonchev–Trinajstić information content (AvgIpc) is 3.22. The van der Waals surface area contributed by atoms with Gasteiger partial charge in [-0.15, -0.1) is 0 Å².